The molecule has 4 N–H and O–H groups in total. The molecule has 5 heteroatoms. The molecule has 0 bridgehead atoms. The molecule has 5 nitrogen and oxygen atoms in total. The highest BCUT2D eigenvalue weighted by molar-refractivity contribution is 6.08. The number of carbonyl (C=O) groups excluding carboxylic acids is 1. The predicted octanol–water partition coefficient (Wildman–Crippen LogP) is 3.11. The lowest BCUT2D eigenvalue weighted by Gasteiger charge is -2.08. The van der Waals surface area contributed by atoms with E-state index in [0.29, 0.717) is 11.1 Å². The summed E-state index contributed by atoms with van der Waals surface area (Å²) in [6, 6.07) is 16.9. The summed E-state index contributed by atoms with van der Waals surface area (Å²) in [4.78, 5) is 12.2. The Morgan fingerprint density at radius 3 is 2.26 bits per heavy atom. The number of amides is 1. The molecule has 23 heavy (non-hydrogen) atoms. The quantitative estimate of drug-likeness (QED) is 0.585. The van der Waals surface area contributed by atoms with Crippen molar-refractivity contribution in [2.24, 2.45) is 0 Å². The Morgan fingerprint density at radius 2 is 1.57 bits per heavy atom. The van der Waals surface area contributed by atoms with Crippen molar-refractivity contribution in [1.82, 2.24) is 0 Å². The van der Waals surface area contributed by atoms with E-state index in [1.807, 2.05) is 18.2 Å². The second-order valence-corrected chi connectivity index (χ2v) is 4.72. The molecular weight excluding hydrogens is 294 g/mol. The Balaban J connectivity index is 0.000000924. The smallest absolute Gasteiger partial charge is 0.259 e. The number of phenols is 2. The first kappa shape index (κ1) is 16.3. The number of anilines is 1. The average Bonchev–Trinajstić information content (AvgIpc) is 2.56. The number of carbonyl (C=O) groups is 1. The van der Waals surface area contributed by atoms with Gasteiger partial charge in [0.25, 0.3) is 5.91 Å². The summed E-state index contributed by atoms with van der Waals surface area (Å²) in [5.41, 5.74) is 0.852. The first-order valence-corrected chi connectivity index (χ1v) is 6.90. The van der Waals surface area contributed by atoms with Crippen molar-refractivity contribution in [3.8, 4) is 11.5 Å². The number of hydrogen-bond acceptors (Lipinski definition) is 4. The molecule has 0 aliphatic carbocycles. The maximum atomic E-state index is 12.2. The lowest BCUT2D eigenvalue weighted by atomic mass is 10.0. The molecule has 0 spiro atoms. The molecule has 3 rings (SSSR count). The minimum Gasteiger partial charge on any atom is -0.508 e. The van der Waals surface area contributed by atoms with Crippen LogP contribution in [0.3, 0.4) is 0 Å². The molecule has 0 aliphatic rings. The van der Waals surface area contributed by atoms with Crippen molar-refractivity contribution in [1.29, 1.82) is 0 Å². The van der Waals surface area contributed by atoms with Gasteiger partial charge in [0.05, 0.1) is 5.56 Å². The molecule has 3 aromatic rings. The standard InChI is InChI=1S/C17H13NO3.CH4O/c19-14-7-6-11-9-15(16(20)10-12(11)8-14)17(21)18-13-4-2-1-3-5-13;1-2/h1-10,19-20H,(H,18,21);2H,1H3. The first-order chi connectivity index (χ1) is 11.1. The van der Waals surface area contributed by atoms with E-state index < -0.39 is 0 Å². The summed E-state index contributed by atoms with van der Waals surface area (Å²) < 4.78 is 0. The van der Waals surface area contributed by atoms with Crippen LogP contribution < -0.4 is 5.32 Å². The second kappa shape index (κ2) is 7.29. The van der Waals surface area contributed by atoms with Crippen LogP contribution >= 0.6 is 0 Å². The molecule has 0 atom stereocenters. The lowest BCUT2D eigenvalue weighted by molar-refractivity contribution is 0.102. The topological polar surface area (TPSA) is 89.8 Å². The predicted molar refractivity (Wildman–Crippen MR) is 89.8 cm³/mol. The molecule has 118 valence electrons. The van der Waals surface area contributed by atoms with Gasteiger partial charge in [0.15, 0.2) is 0 Å². The van der Waals surface area contributed by atoms with E-state index in [1.165, 1.54) is 18.2 Å². The summed E-state index contributed by atoms with van der Waals surface area (Å²) in [6.45, 7) is 0. The van der Waals surface area contributed by atoms with E-state index in [9.17, 15) is 15.0 Å². The normalized spacial score (nSPS) is 9.83. The molecule has 0 aliphatic heterocycles. The van der Waals surface area contributed by atoms with Gasteiger partial charge in [-0.25, -0.2) is 0 Å². The molecule has 0 unspecified atom stereocenters. The third-order valence-electron chi connectivity index (χ3n) is 3.21. The van der Waals surface area contributed by atoms with Crippen molar-refractivity contribution in [3.63, 3.8) is 0 Å². The molecular formula is C18H17NO4. The van der Waals surface area contributed by atoms with Crippen LogP contribution in [0.4, 0.5) is 5.69 Å². The van der Waals surface area contributed by atoms with Crippen molar-refractivity contribution in [2.45, 2.75) is 0 Å². The Hall–Kier alpha value is -3.05. The van der Waals surface area contributed by atoms with Crippen LogP contribution in [-0.4, -0.2) is 28.3 Å². The molecule has 0 fully saturated rings. The number of nitrogens with one attached hydrogen (secondary N) is 1. The van der Waals surface area contributed by atoms with Crippen molar-refractivity contribution in [3.05, 3.63) is 66.2 Å². The number of phenolic OH excluding ortho intramolecular Hbond substituents is 2. The molecule has 0 heterocycles. The van der Waals surface area contributed by atoms with Gasteiger partial charge in [0, 0.05) is 12.8 Å². The maximum Gasteiger partial charge on any atom is 0.259 e. The van der Waals surface area contributed by atoms with Gasteiger partial charge >= 0.3 is 0 Å². The van der Waals surface area contributed by atoms with E-state index in [1.54, 1.807) is 24.3 Å². The lowest BCUT2D eigenvalue weighted by Crippen LogP contribution is -2.11. The highest BCUT2D eigenvalue weighted by atomic mass is 16.3. The van der Waals surface area contributed by atoms with Crippen molar-refractivity contribution >= 4 is 22.4 Å². The fourth-order valence-corrected chi connectivity index (χ4v) is 2.17. The zero-order valence-electron chi connectivity index (χ0n) is 12.5. The fourth-order valence-electron chi connectivity index (χ4n) is 2.17. The van der Waals surface area contributed by atoms with Crippen molar-refractivity contribution in [2.75, 3.05) is 12.4 Å². The van der Waals surface area contributed by atoms with E-state index in [0.717, 1.165) is 12.5 Å². The zero-order valence-corrected chi connectivity index (χ0v) is 12.5. The zero-order chi connectivity index (χ0) is 16.8. The Labute approximate surface area is 133 Å². The molecule has 0 saturated carbocycles. The van der Waals surface area contributed by atoms with E-state index >= 15 is 0 Å². The van der Waals surface area contributed by atoms with Crippen LogP contribution in [0, 0.1) is 0 Å². The van der Waals surface area contributed by atoms with Crippen LogP contribution in [0.15, 0.2) is 60.7 Å². The minimum absolute atomic E-state index is 0.114. The number of hydrogen-bond donors (Lipinski definition) is 4. The summed E-state index contributed by atoms with van der Waals surface area (Å²) in [6.07, 6.45) is 0. The van der Waals surface area contributed by atoms with Crippen LogP contribution in [-0.2, 0) is 0 Å². The highest BCUT2D eigenvalue weighted by Crippen LogP contribution is 2.28. The van der Waals surface area contributed by atoms with Gasteiger partial charge in [0.1, 0.15) is 11.5 Å². The van der Waals surface area contributed by atoms with E-state index in [4.69, 9.17) is 5.11 Å². The number of benzene rings is 3. The summed E-state index contributed by atoms with van der Waals surface area (Å²) >= 11 is 0. The van der Waals surface area contributed by atoms with E-state index in [2.05, 4.69) is 5.32 Å². The highest BCUT2D eigenvalue weighted by Gasteiger charge is 2.13. The van der Waals surface area contributed by atoms with Crippen LogP contribution in [0.1, 0.15) is 10.4 Å². The van der Waals surface area contributed by atoms with Crippen LogP contribution in [0.25, 0.3) is 10.8 Å². The number of aliphatic hydroxyl groups is 1. The molecule has 1 amide bonds. The molecule has 0 saturated heterocycles. The first-order valence-electron chi connectivity index (χ1n) is 6.90. The summed E-state index contributed by atoms with van der Waals surface area (Å²) in [5, 5.41) is 30.6. The molecule has 0 aromatic heterocycles. The number of fused-ring (bicyclic) bond motifs is 1. The second-order valence-electron chi connectivity index (χ2n) is 4.72. The Bertz CT molecular complexity index is 816. The Kier molecular flexibility index (Phi) is 5.17. The fraction of sp³-hybridized carbons (Fsp3) is 0.0556. The molecule has 3 aromatic carbocycles. The number of aromatic hydroxyl groups is 2. The van der Waals surface area contributed by atoms with E-state index in [-0.39, 0.29) is 23.0 Å². The minimum atomic E-state index is -0.381. The third-order valence-corrected chi connectivity index (χ3v) is 3.21. The average molecular weight is 311 g/mol. The van der Waals surface area contributed by atoms with Crippen LogP contribution in [0.2, 0.25) is 0 Å². The van der Waals surface area contributed by atoms with Gasteiger partial charge in [-0.1, -0.05) is 24.3 Å². The van der Waals surface area contributed by atoms with Crippen molar-refractivity contribution < 1.29 is 20.1 Å². The number of rotatable bonds is 2. The number of aliphatic hydroxyl groups excluding tert-OH is 1. The summed E-state index contributed by atoms with van der Waals surface area (Å²) in [7, 11) is 1.00. The van der Waals surface area contributed by atoms with Gasteiger partial charge in [-0.15, -0.1) is 0 Å². The van der Waals surface area contributed by atoms with Gasteiger partial charge in [-0.2, -0.15) is 0 Å². The monoisotopic (exact) mass is 311 g/mol. The van der Waals surface area contributed by atoms with Gasteiger partial charge in [0.2, 0.25) is 0 Å². The van der Waals surface area contributed by atoms with Crippen LogP contribution in [0.5, 0.6) is 11.5 Å². The third kappa shape index (κ3) is 3.78. The number of para-hydroxylation sites is 1. The SMILES string of the molecule is CO.O=C(Nc1ccccc1)c1cc2ccc(O)cc2cc1O. The maximum absolute atomic E-state index is 12.2. The summed E-state index contributed by atoms with van der Waals surface area (Å²) in [5.74, 6) is -0.390. The molecule has 0 radical (unpaired) electrons. The van der Waals surface area contributed by atoms with Gasteiger partial charge in [-0.05, 0) is 47.2 Å². The Morgan fingerprint density at radius 1 is 0.870 bits per heavy atom. The van der Waals surface area contributed by atoms with Gasteiger partial charge in [-0.3, -0.25) is 4.79 Å². The van der Waals surface area contributed by atoms with Gasteiger partial charge < -0.3 is 20.6 Å². The largest absolute Gasteiger partial charge is 0.508 e.